The minimum atomic E-state index is -0.546. The molecule has 0 radical (unpaired) electrons. The van der Waals surface area contributed by atoms with E-state index in [1.165, 1.54) is 0 Å². The van der Waals surface area contributed by atoms with E-state index < -0.39 is 11.1 Å². The van der Waals surface area contributed by atoms with Gasteiger partial charge in [0.1, 0.15) is 5.60 Å². The smallest absolute Gasteiger partial charge is 0.415 e. The molecular weight excluding hydrogens is 288 g/mol. The topological polar surface area (TPSA) is 55.6 Å². The predicted octanol–water partition coefficient (Wildman–Crippen LogP) is 4.96. The summed E-state index contributed by atoms with van der Waals surface area (Å²) in [6.07, 6.45) is -0.352. The lowest BCUT2D eigenvalue weighted by Crippen LogP contribution is -2.48. The quantitative estimate of drug-likeness (QED) is 0.757. The molecule has 0 heterocycles. The highest BCUT2D eigenvalue weighted by molar-refractivity contribution is 6.03. The van der Waals surface area contributed by atoms with Crippen LogP contribution in [0.4, 0.5) is 16.2 Å². The molecule has 23 heavy (non-hydrogen) atoms. The van der Waals surface area contributed by atoms with E-state index in [0.29, 0.717) is 5.69 Å². The van der Waals surface area contributed by atoms with Crippen molar-refractivity contribution < 1.29 is 9.53 Å². The third-order valence-electron chi connectivity index (χ3n) is 3.37. The fourth-order valence-electron chi connectivity index (χ4n) is 2.52. The first-order valence-electron chi connectivity index (χ1n) is 7.80. The molecule has 0 aliphatic rings. The summed E-state index contributed by atoms with van der Waals surface area (Å²) in [4.78, 5) is 14.5. The number of carbonyl (C=O) groups is 1. The van der Waals surface area contributed by atoms with Crippen LogP contribution < -0.4 is 10.6 Å². The van der Waals surface area contributed by atoms with Gasteiger partial charge in [-0.2, -0.15) is 0 Å². The van der Waals surface area contributed by atoms with Crippen LogP contribution in [0.1, 0.15) is 41.5 Å². The van der Waals surface area contributed by atoms with Crippen LogP contribution in [-0.2, 0) is 4.74 Å². The Balaban J connectivity index is 2.59. The molecule has 0 spiro atoms. The van der Waals surface area contributed by atoms with E-state index in [1.54, 1.807) is 4.90 Å². The van der Waals surface area contributed by atoms with Gasteiger partial charge in [0.25, 0.3) is 0 Å². The standard InChI is InChI=1S/C19H26N2O2/c1-18(2,3)21(17(22)23-19(4,5)6)16-9-7-8-13-12-14(20)10-11-15(13)16/h7-12H,20H2,1-6H3. The summed E-state index contributed by atoms with van der Waals surface area (Å²) >= 11 is 0. The zero-order chi connectivity index (χ0) is 17.4. The van der Waals surface area contributed by atoms with Gasteiger partial charge in [-0.15, -0.1) is 0 Å². The molecule has 2 N–H and O–H groups in total. The number of benzene rings is 2. The van der Waals surface area contributed by atoms with Gasteiger partial charge in [-0.05, 0) is 65.1 Å². The summed E-state index contributed by atoms with van der Waals surface area (Å²) in [6, 6.07) is 11.6. The van der Waals surface area contributed by atoms with E-state index >= 15 is 0 Å². The number of nitrogens with zero attached hydrogens (tertiary/aromatic N) is 1. The zero-order valence-corrected chi connectivity index (χ0v) is 14.8. The van der Waals surface area contributed by atoms with Gasteiger partial charge in [-0.1, -0.05) is 18.2 Å². The Morgan fingerprint density at radius 2 is 1.70 bits per heavy atom. The molecule has 0 aliphatic heterocycles. The third-order valence-corrected chi connectivity index (χ3v) is 3.37. The first kappa shape index (κ1) is 17.1. The van der Waals surface area contributed by atoms with Crippen molar-refractivity contribution in [3.05, 3.63) is 36.4 Å². The van der Waals surface area contributed by atoms with Crippen LogP contribution >= 0.6 is 0 Å². The first-order valence-corrected chi connectivity index (χ1v) is 7.80. The van der Waals surface area contributed by atoms with Crippen molar-refractivity contribution in [2.75, 3.05) is 10.6 Å². The van der Waals surface area contributed by atoms with Gasteiger partial charge in [0, 0.05) is 16.6 Å². The number of anilines is 2. The molecule has 2 aromatic carbocycles. The van der Waals surface area contributed by atoms with Gasteiger partial charge in [-0.3, -0.25) is 4.90 Å². The van der Waals surface area contributed by atoms with Crippen molar-refractivity contribution in [3.8, 4) is 0 Å². The van der Waals surface area contributed by atoms with E-state index in [2.05, 4.69) is 0 Å². The monoisotopic (exact) mass is 314 g/mol. The molecule has 4 nitrogen and oxygen atoms in total. The molecule has 1 amide bonds. The maximum Gasteiger partial charge on any atom is 0.415 e. The molecule has 0 aliphatic carbocycles. The average molecular weight is 314 g/mol. The van der Waals surface area contributed by atoms with Crippen LogP contribution in [0.25, 0.3) is 10.8 Å². The highest BCUT2D eigenvalue weighted by Crippen LogP contribution is 2.33. The van der Waals surface area contributed by atoms with Crippen LogP contribution in [0.2, 0.25) is 0 Å². The van der Waals surface area contributed by atoms with E-state index in [-0.39, 0.29) is 6.09 Å². The largest absolute Gasteiger partial charge is 0.443 e. The Labute approximate surface area is 138 Å². The second-order valence-corrected chi connectivity index (χ2v) is 7.74. The zero-order valence-electron chi connectivity index (χ0n) is 14.8. The molecule has 2 aromatic rings. The molecule has 0 unspecified atom stereocenters. The van der Waals surface area contributed by atoms with Gasteiger partial charge in [0.05, 0.1) is 5.69 Å². The highest BCUT2D eigenvalue weighted by atomic mass is 16.6. The molecule has 0 atom stereocenters. The Morgan fingerprint density at radius 1 is 1.04 bits per heavy atom. The van der Waals surface area contributed by atoms with Crippen molar-refractivity contribution in [1.29, 1.82) is 0 Å². The molecule has 0 fully saturated rings. The molecule has 0 saturated heterocycles. The number of hydrogen-bond donors (Lipinski definition) is 1. The molecule has 4 heteroatoms. The number of carbonyl (C=O) groups excluding carboxylic acids is 1. The number of rotatable bonds is 1. The Morgan fingerprint density at radius 3 is 2.26 bits per heavy atom. The van der Waals surface area contributed by atoms with Crippen LogP contribution in [-0.4, -0.2) is 17.2 Å². The Bertz CT molecular complexity index is 724. The number of ether oxygens (including phenoxy) is 1. The summed E-state index contributed by atoms with van der Waals surface area (Å²) in [7, 11) is 0. The van der Waals surface area contributed by atoms with E-state index in [4.69, 9.17) is 10.5 Å². The maximum absolute atomic E-state index is 12.8. The maximum atomic E-state index is 12.8. The Hall–Kier alpha value is -2.23. The van der Waals surface area contributed by atoms with Gasteiger partial charge in [-0.25, -0.2) is 4.79 Å². The van der Waals surface area contributed by atoms with Crippen LogP contribution in [0, 0.1) is 0 Å². The molecule has 2 rings (SSSR count). The van der Waals surface area contributed by atoms with Crippen LogP contribution in [0.5, 0.6) is 0 Å². The number of nitrogen functional groups attached to an aromatic ring is 1. The SMILES string of the molecule is CC(C)(C)OC(=O)N(c1cccc2cc(N)ccc12)C(C)(C)C. The number of fused-ring (bicyclic) bond motifs is 1. The summed E-state index contributed by atoms with van der Waals surface area (Å²) in [5, 5.41) is 1.97. The fraction of sp³-hybridized carbons (Fsp3) is 0.421. The highest BCUT2D eigenvalue weighted by Gasteiger charge is 2.32. The lowest BCUT2D eigenvalue weighted by Gasteiger charge is -2.37. The summed E-state index contributed by atoms with van der Waals surface area (Å²) < 4.78 is 5.62. The number of nitrogens with two attached hydrogens (primary N) is 1. The van der Waals surface area contributed by atoms with E-state index in [1.807, 2.05) is 77.9 Å². The molecule has 0 bridgehead atoms. The minimum absolute atomic E-state index is 0.352. The summed E-state index contributed by atoms with van der Waals surface area (Å²) in [5.41, 5.74) is 6.44. The summed E-state index contributed by atoms with van der Waals surface area (Å²) in [5.74, 6) is 0. The Kier molecular flexibility index (Phi) is 4.29. The minimum Gasteiger partial charge on any atom is -0.443 e. The van der Waals surface area contributed by atoms with Crippen LogP contribution in [0.15, 0.2) is 36.4 Å². The second kappa shape index (κ2) is 5.76. The lowest BCUT2D eigenvalue weighted by atomic mass is 10.0. The van der Waals surface area contributed by atoms with Crippen molar-refractivity contribution in [1.82, 2.24) is 0 Å². The van der Waals surface area contributed by atoms with E-state index in [0.717, 1.165) is 16.5 Å². The molecule has 0 aromatic heterocycles. The predicted molar refractivity (Wildman–Crippen MR) is 96.8 cm³/mol. The summed E-state index contributed by atoms with van der Waals surface area (Å²) in [6.45, 7) is 11.6. The van der Waals surface area contributed by atoms with Crippen molar-refractivity contribution in [2.45, 2.75) is 52.7 Å². The molecule has 124 valence electrons. The van der Waals surface area contributed by atoms with Gasteiger partial charge >= 0.3 is 6.09 Å². The third kappa shape index (κ3) is 3.95. The van der Waals surface area contributed by atoms with Gasteiger partial charge in [0.2, 0.25) is 0 Å². The molecular formula is C19H26N2O2. The van der Waals surface area contributed by atoms with Crippen molar-refractivity contribution in [2.24, 2.45) is 0 Å². The van der Waals surface area contributed by atoms with Crippen molar-refractivity contribution >= 4 is 28.2 Å². The fourth-order valence-corrected chi connectivity index (χ4v) is 2.52. The number of amides is 1. The van der Waals surface area contributed by atoms with Crippen molar-refractivity contribution in [3.63, 3.8) is 0 Å². The van der Waals surface area contributed by atoms with Crippen LogP contribution in [0.3, 0.4) is 0 Å². The second-order valence-electron chi connectivity index (χ2n) is 7.74. The molecule has 0 saturated carbocycles. The first-order chi connectivity index (χ1) is 10.5. The lowest BCUT2D eigenvalue weighted by molar-refractivity contribution is 0.0551. The number of hydrogen-bond acceptors (Lipinski definition) is 3. The van der Waals surface area contributed by atoms with E-state index in [9.17, 15) is 4.79 Å². The van der Waals surface area contributed by atoms with Gasteiger partial charge < -0.3 is 10.5 Å². The normalized spacial score (nSPS) is 12.3. The average Bonchev–Trinajstić information content (AvgIpc) is 2.34. The van der Waals surface area contributed by atoms with Gasteiger partial charge in [0.15, 0.2) is 0 Å².